The highest BCUT2D eigenvalue weighted by Gasteiger charge is 2.58. The zero-order chi connectivity index (χ0) is 22.0. The summed E-state index contributed by atoms with van der Waals surface area (Å²) >= 11 is 0. The molecule has 1 unspecified atom stereocenters. The van der Waals surface area contributed by atoms with E-state index >= 15 is 0 Å². The average molecular weight is 417 g/mol. The standard InChI is InChI=1S/C26H44O2Si/c1-10-29(11-2,12-3)28-24(15-19(6)14-13-18(4)5)21-17-23-22(26(23,8)9)16-20(7)25(21)27/h13-14,17,19-20,22-24H,4,10-12,15-16H2,1-3,5-9H3/b14-13-/t19-,20?,22+,23-,24+/m0/s1. The van der Waals surface area contributed by atoms with E-state index in [1.54, 1.807) is 0 Å². The molecule has 164 valence electrons. The number of fused-ring (bicyclic) bond motifs is 1. The summed E-state index contributed by atoms with van der Waals surface area (Å²) in [6.07, 6.45) is 8.47. The van der Waals surface area contributed by atoms with Crippen molar-refractivity contribution < 1.29 is 9.22 Å². The van der Waals surface area contributed by atoms with Crippen molar-refractivity contribution in [2.45, 2.75) is 92.5 Å². The van der Waals surface area contributed by atoms with E-state index < -0.39 is 8.32 Å². The quantitative estimate of drug-likeness (QED) is 0.275. The van der Waals surface area contributed by atoms with Crippen molar-refractivity contribution in [3.8, 4) is 0 Å². The Labute approximate surface area is 181 Å². The normalized spacial score (nSPS) is 28.5. The van der Waals surface area contributed by atoms with Crippen molar-refractivity contribution in [1.29, 1.82) is 0 Å². The minimum atomic E-state index is -1.82. The van der Waals surface area contributed by atoms with Crippen LogP contribution in [0.1, 0.15) is 68.2 Å². The first kappa shape index (κ1) is 24.3. The van der Waals surface area contributed by atoms with Crippen LogP contribution in [0.3, 0.4) is 0 Å². The van der Waals surface area contributed by atoms with Crippen LogP contribution in [0.5, 0.6) is 0 Å². The van der Waals surface area contributed by atoms with Crippen LogP contribution in [0.15, 0.2) is 36.0 Å². The Hall–Kier alpha value is -0.933. The van der Waals surface area contributed by atoms with Crippen LogP contribution in [0, 0.1) is 29.1 Å². The lowest BCUT2D eigenvalue weighted by atomic mass is 9.87. The van der Waals surface area contributed by atoms with Crippen LogP contribution in [-0.2, 0) is 9.22 Å². The van der Waals surface area contributed by atoms with Crippen LogP contribution < -0.4 is 0 Å². The van der Waals surface area contributed by atoms with E-state index in [2.05, 4.69) is 73.3 Å². The Balaban J connectivity index is 2.39. The van der Waals surface area contributed by atoms with Gasteiger partial charge in [-0.25, -0.2) is 0 Å². The molecule has 0 saturated heterocycles. The molecule has 2 rings (SSSR count). The van der Waals surface area contributed by atoms with Crippen molar-refractivity contribution in [3.05, 3.63) is 36.0 Å². The van der Waals surface area contributed by atoms with Crippen molar-refractivity contribution in [2.24, 2.45) is 29.1 Å². The summed E-state index contributed by atoms with van der Waals surface area (Å²) in [6, 6.07) is 3.34. The average Bonchev–Trinajstić information content (AvgIpc) is 3.23. The molecule has 0 aromatic heterocycles. The molecule has 0 radical (unpaired) electrons. The molecule has 5 atom stereocenters. The third kappa shape index (κ3) is 5.41. The van der Waals surface area contributed by atoms with Gasteiger partial charge in [-0.1, -0.05) is 78.8 Å². The molecular weight excluding hydrogens is 372 g/mol. The van der Waals surface area contributed by atoms with Gasteiger partial charge in [-0.05, 0) is 61.1 Å². The fraction of sp³-hybridized carbons (Fsp3) is 0.731. The summed E-state index contributed by atoms with van der Waals surface area (Å²) in [5.41, 5.74) is 2.37. The SMILES string of the molecule is C=C(C)/C=C\[C@H](C)C[C@@H](O[Si](CC)(CC)CC)C1=C[C@H]2[C@@H](CC(C)C1=O)C2(C)C. The maximum absolute atomic E-state index is 13.4. The van der Waals surface area contributed by atoms with Gasteiger partial charge in [0.15, 0.2) is 14.1 Å². The molecule has 1 saturated carbocycles. The van der Waals surface area contributed by atoms with E-state index in [1.807, 2.05) is 6.92 Å². The number of hydrogen-bond donors (Lipinski definition) is 0. The molecule has 0 aromatic rings. The highest BCUT2D eigenvalue weighted by molar-refractivity contribution is 6.73. The highest BCUT2D eigenvalue weighted by atomic mass is 28.4. The number of hydrogen-bond acceptors (Lipinski definition) is 2. The van der Waals surface area contributed by atoms with Crippen LogP contribution in [-0.4, -0.2) is 20.2 Å². The van der Waals surface area contributed by atoms with Gasteiger partial charge in [-0.2, -0.15) is 0 Å². The number of Topliss-reactive ketones (excluding diaryl/α,β-unsaturated/α-hetero) is 1. The van der Waals surface area contributed by atoms with E-state index in [1.165, 1.54) is 0 Å². The van der Waals surface area contributed by atoms with E-state index in [4.69, 9.17) is 4.43 Å². The Morgan fingerprint density at radius 2 is 1.90 bits per heavy atom. The first-order valence-electron chi connectivity index (χ1n) is 11.8. The lowest BCUT2D eigenvalue weighted by Crippen LogP contribution is -2.42. The largest absolute Gasteiger partial charge is 0.410 e. The molecule has 29 heavy (non-hydrogen) atoms. The summed E-state index contributed by atoms with van der Waals surface area (Å²) in [5, 5.41) is 0. The fourth-order valence-electron chi connectivity index (χ4n) is 5.17. The van der Waals surface area contributed by atoms with Gasteiger partial charge >= 0.3 is 0 Å². The van der Waals surface area contributed by atoms with Gasteiger partial charge in [-0.3, -0.25) is 4.79 Å². The summed E-state index contributed by atoms with van der Waals surface area (Å²) in [4.78, 5) is 13.4. The van der Waals surface area contributed by atoms with Gasteiger partial charge in [0.2, 0.25) is 0 Å². The van der Waals surface area contributed by atoms with Crippen LogP contribution in [0.4, 0.5) is 0 Å². The second-order valence-electron chi connectivity index (χ2n) is 10.3. The third-order valence-corrected chi connectivity index (χ3v) is 12.5. The van der Waals surface area contributed by atoms with Gasteiger partial charge in [0.25, 0.3) is 0 Å². The number of allylic oxidation sites excluding steroid dienone is 4. The molecule has 0 bridgehead atoms. The van der Waals surface area contributed by atoms with Crippen LogP contribution in [0.25, 0.3) is 0 Å². The minimum absolute atomic E-state index is 0.0728. The Morgan fingerprint density at radius 1 is 1.31 bits per heavy atom. The lowest BCUT2D eigenvalue weighted by molar-refractivity contribution is -0.120. The molecule has 1 fully saturated rings. The zero-order valence-corrected chi connectivity index (χ0v) is 21.2. The van der Waals surface area contributed by atoms with E-state index in [-0.39, 0.29) is 12.0 Å². The lowest BCUT2D eigenvalue weighted by Gasteiger charge is -2.35. The van der Waals surface area contributed by atoms with E-state index in [0.29, 0.717) is 29.0 Å². The first-order valence-corrected chi connectivity index (χ1v) is 14.3. The molecule has 0 spiro atoms. The second kappa shape index (κ2) is 9.47. The van der Waals surface area contributed by atoms with Crippen molar-refractivity contribution in [2.75, 3.05) is 0 Å². The van der Waals surface area contributed by atoms with Gasteiger partial charge in [0.1, 0.15) is 0 Å². The minimum Gasteiger partial charge on any atom is -0.410 e. The maximum atomic E-state index is 13.4. The zero-order valence-electron chi connectivity index (χ0n) is 20.2. The number of ketones is 1. The number of carbonyl (C=O) groups excluding carboxylic acids is 1. The predicted molar refractivity (Wildman–Crippen MR) is 127 cm³/mol. The van der Waals surface area contributed by atoms with Gasteiger partial charge in [0, 0.05) is 11.5 Å². The molecule has 2 aliphatic carbocycles. The molecule has 0 amide bonds. The Kier molecular flexibility index (Phi) is 7.95. The molecule has 3 heteroatoms. The molecule has 0 heterocycles. The molecule has 0 aliphatic heterocycles. The predicted octanol–water partition coefficient (Wildman–Crippen LogP) is 7.34. The van der Waals surface area contributed by atoms with Gasteiger partial charge in [-0.15, -0.1) is 0 Å². The third-order valence-electron chi connectivity index (χ3n) is 7.81. The topological polar surface area (TPSA) is 26.3 Å². The molecular formula is C26H44O2Si. The van der Waals surface area contributed by atoms with Crippen molar-refractivity contribution in [1.82, 2.24) is 0 Å². The summed E-state index contributed by atoms with van der Waals surface area (Å²) in [6.45, 7) is 21.9. The number of carbonyl (C=O) groups is 1. The smallest absolute Gasteiger partial charge is 0.192 e. The van der Waals surface area contributed by atoms with Crippen molar-refractivity contribution in [3.63, 3.8) is 0 Å². The second-order valence-corrected chi connectivity index (χ2v) is 15.1. The maximum Gasteiger partial charge on any atom is 0.192 e. The summed E-state index contributed by atoms with van der Waals surface area (Å²) in [7, 11) is -1.82. The monoisotopic (exact) mass is 416 g/mol. The number of rotatable bonds is 10. The molecule has 2 nitrogen and oxygen atoms in total. The van der Waals surface area contributed by atoms with Crippen molar-refractivity contribution >= 4 is 14.1 Å². The first-order chi connectivity index (χ1) is 13.5. The van der Waals surface area contributed by atoms with E-state index in [9.17, 15) is 4.79 Å². The summed E-state index contributed by atoms with van der Waals surface area (Å²) < 4.78 is 7.01. The van der Waals surface area contributed by atoms with Gasteiger partial charge < -0.3 is 4.43 Å². The van der Waals surface area contributed by atoms with E-state index in [0.717, 1.165) is 42.1 Å². The molecule has 0 N–H and O–H groups in total. The molecule has 0 aromatic carbocycles. The fourth-order valence-corrected chi connectivity index (χ4v) is 7.99. The summed E-state index contributed by atoms with van der Waals surface area (Å²) in [5.74, 6) is 1.96. The Morgan fingerprint density at radius 3 is 2.41 bits per heavy atom. The van der Waals surface area contributed by atoms with Crippen LogP contribution in [0.2, 0.25) is 18.1 Å². The van der Waals surface area contributed by atoms with Crippen LogP contribution >= 0.6 is 0 Å². The highest BCUT2D eigenvalue weighted by Crippen LogP contribution is 2.63. The Bertz CT molecular complexity index is 660. The van der Waals surface area contributed by atoms with Gasteiger partial charge in [0.05, 0.1) is 6.10 Å². The molecule has 2 aliphatic rings.